The lowest BCUT2D eigenvalue weighted by Gasteiger charge is -2.00. The maximum absolute atomic E-state index is 5.41. The maximum atomic E-state index is 5.41. The van der Waals surface area contributed by atoms with Gasteiger partial charge in [0.05, 0.1) is 25.9 Å². The molecule has 0 aromatic carbocycles. The molecule has 0 spiro atoms. The molecule has 2 nitrogen and oxygen atoms in total. The van der Waals surface area contributed by atoms with Gasteiger partial charge in [0.1, 0.15) is 0 Å². The lowest BCUT2D eigenvalue weighted by molar-refractivity contribution is 0.147. The molecule has 1 aliphatic heterocycles. The molecule has 13 heavy (non-hydrogen) atoms. The molecule has 0 bridgehead atoms. The molecule has 0 amide bonds. The summed E-state index contributed by atoms with van der Waals surface area (Å²) in [7, 11) is 0. The molecule has 0 N–H and O–H groups in total. The highest BCUT2D eigenvalue weighted by atomic mass is 16.5. The Bertz CT molecular complexity index is 206. The summed E-state index contributed by atoms with van der Waals surface area (Å²) in [5.41, 5.74) is 1.17. The molecule has 2 heteroatoms. The van der Waals surface area contributed by atoms with Crippen molar-refractivity contribution in [1.29, 1.82) is 0 Å². The minimum atomic E-state index is 0.208. The molecule has 72 valence electrons. The molecule has 1 fully saturated rings. The number of hydrogen-bond acceptors (Lipinski definition) is 2. The fraction of sp³-hybridized carbons (Fsp3) is 0.455. The summed E-state index contributed by atoms with van der Waals surface area (Å²) in [6.07, 6.45) is 6.90. The van der Waals surface area contributed by atoms with Gasteiger partial charge < -0.3 is 9.47 Å². The van der Waals surface area contributed by atoms with Crippen LogP contribution in [0.5, 0.6) is 0 Å². The van der Waals surface area contributed by atoms with Gasteiger partial charge in [-0.25, -0.2) is 0 Å². The average Bonchev–Trinajstić information content (AvgIpc) is 2.51. The first-order valence-corrected chi connectivity index (χ1v) is 4.46. The minimum absolute atomic E-state index is 0.208. The Hall–Kier alpha value is -0.860. The maximum Gasteiger partial charge on any atom is 0.0798 e. The lowest BCUT2D eigenvalue weighted by atomic mass is 10.2. The Morgan fingerprint density at radius 2 is 2.38 bits per heavy atom. The SMILES string of the molecule is C=CCOC/C=C/[C@H]1CC(=C)CO1. The Morgan fingerprint density at radius 1 is 1.54 bits per heavy atom. The van der Waals surface area contributed by atoms with Crippen LogP contribution in [0.15, 0.2) is 37.0 Å². The normalized spacial score (nSPS) is 22.8. The third kappa shape index (κ3) is 4.06. The van der Waals surface area contributed by atoms with Crippen LogP contribution >= 0.6 is 0 Å². The molecule has 0 radical (unpaired) electrons. The van der Waals surface area contributed by atoms with E-state index in [0.717, 1.165) is 6.42 Å². The summed E-state index contributed by atoms with van der Waals surface area (Å²) in [4.78, 5) is 0. The fourth-order valence-corrected chi connectivity index (χ4v) is 1.18. The standard InChI is InChI=1S/C11H16O2/c1-3-6-12-7-4-5-11-8-10(2)9-13-11/h3-5,11H,1-2,6-9H2/b5-4+/t11-/m0/s1. The van der Waals surface area contributed by atoms with E-state index in [1.807, 2.05) is 12.2 Å². The summed E-state index contributed by atoms with van der Waals surface area (Å²) >= 11 is 0. The van der Waals surface area contributed by atoms with E-state index in [2.05, 4.69) is 13.2 Å². The van der Waals surface area contributed by atoms with E-state index in [0.29, 0.717) is 19.8 Å². The molecule has 1 heterocycles. The van der Waals surface area contributed by atoms with Gasteiger partial charge in [-0.1, -0.05) is 24.8 Å². The first kappa shape index (κ1) is 10.2. The van der Waals surface area contributed by atoms with Gasteiger partial charge in [-0.2, -0.15) is 0 Å². The van der Waals surface area contributed by atoms with E-state index in [4.69, 9.17) is 9.47 Å². The number of rotatable bonds is 5. The van der Waals surface area contributed by atoms with E-state index < -0.39 is 0 Å². The molecule has 0 aromatic rings. The highest BCUT2D eigenvalue weighted by molar-refractivity contribution is 5.07. The van der Waals surface area contributed by atoms with E-state index in [-0.39, 0.29) is 6.10 Å². The minimum Gasteiger partial charge on any atom is -0.373 e. The van der Waals surface area contributed by atoms with Crippen molar-refractivity contribution in [3.05, 3.63) is 37.0 Å². The quantitative estimate of drug-likeness (QED) is 0.476. The summed E-state index contributed by atoms with van der Waals surface area (Å²) in [6, 6.07) is 0. The second kappa shape index (κ2) is 5.73. The summed E-state index contributed by atoms with van der Waals surface area (Å²) < 4.78 is 10.6. The third-order valence-corrected chi connectivity index (χ3v) is 1.79. The van der Waals surface area contributed by atoms with Crippen molar-refractivity contribution >= 4 is 0 Å². The molecule has 1 saturated heterocycles. The van der Waals surface area contributed by atoms with Crippen LogP contribution in [0, 0.1) is 0 Å². The van der Waals surface area contributed by atoms with Crippen molar-refractivity contribution in [2.75, 3.05) is 19.8 Å². The van der Waals surface area contributed by atoms with Crippen LogP contribution in [0.2, 0.25) is 0 Å². The number of hydrogen-bond donors (Lipinski definition) is 0. The summed E-state index contributed by atoms with van der Waals surface area (Å²) in [5.74, 6) is 0. The zero-order valence-corrected chi connectivity index (χ0v) is 7.87. The Balaban J connectivity index is 2.09. The lowest BCUT2D eigenvalue weighted by Crippen LogP contribution is -2.00. The highest BCUT2D eigenvalue weighted by Gasteiger charge is 2.14. The first-order chi connectivity index (χ1) is 6.33. The van der Waals surface area contributed by atoms with Crippen molar-refractivity contribution < 1.29 is 9.47 Å². The van der Waals surface area contributed by atoms with Gasteiger partial charge in [0.15, 0.2) is 0 Å². The summed E-state index contributed by atoms with van der Waals surface area (Å²) in [5, 5.41) is 0. The van der Waals surface area contributed by atoms with Gasteiger partial charge in [0.2, 0.25) is 0 Å². The van der Waals surface area contributed by atoms with E-state index in [1.165, 1.54) is 5.57 Å². The molecule has 1 atom stereocenters. The highest BCUT2D eigenvalue weighted by Crippen LogP contribution is 2.17. The molecular weight excluding hydrogens is 164 g/mol. The monoisotopic (exact) mass is 180 g/mol. The average molecular weight is 180 g/mol. The number of ether oxygens (including phenoxy) is 2. The van der Waals surface area contributed by atoms with Gasteiger partial charge in [-0.05, 0) is 5.57 Å². The van der Waals surface area contributed by atoms with Gasteiger partial charge in [-0.3, -0.25) is 0 Å². The predicted molar refractivity (Wildman–Crippen MR) is 53.7 cm³/mol. The fourth-order valence-electron chi connectivity index (χ4n) is 1.18. The van der Waals surface area contributed by atoms with E-state index in [1.54, 1.807) is 6.08 Å². The molecule has 0 aromatic heterocycles. The molecule has 0 unspecified atom stereocenters. The van der Waals surface area contributed by atoms with Crippen LogP contribution in [-0.2, 0) is 9.47 Å². The van der Waals surface area contributed by atoms with E-state index in [9.17, 15) is 0 Å². The largest absolute Gasteiger partial charge is 0.373 e. The van der Waals surface area contributed by atoms with Gasteiger partial charge in [-0.15, -0.1) is 6.58 Å². The van der Waals surface area contributed by atoms with Crippen LogP contribution < -0.4 is 0 Å². The van der Waals surface area contributed by atoms with Crippen LogP contribution in [-0.4, -0.2) is 25.9 Å². The molecule has 1 aliphatic rings. The second-order valence-electron chi connectivity index (χ2n) is 3.06. The van der Waals surface area contributed by atoms with Gasteiger partial charge >= 0.3 is 0 Å². The topological polar surface area (TPSA) is 18.5 Å². The Labute approximate surface area is 79.5 Å². The van der Waals surface area contributed by atoms with Gasteiger partial charge in [0.25, 0.3) is 0 Å². The van der Waals surface area contributed by atoms with Crippen molar-refractivity contribution in [1.82, 2.24) is 0 Å². The van der Waals surface area contributed by atoms with Crippen molar-refractivity contribution in [2.45, 2.75) is 12.5 Å². The van der Waals surface area contributed by atoms with Crippen molar-refractivity contribution in [2.24, 2.45) is 0 Å². The van der Waals surface area contributed by atoms with Gasteiger partial charge in [0, 0.05) is 6.42 Å². The predicted octanol–water partition coefficient (Wildman–Crippen LogP) is 2.09. The Kier molecular flexibility index (Phi) is 4.50. The molecule has 0 aliphatic carbocycles. The van der Waals surface area contributed by atoms with Crippen molar-refractivity contribution in [3.8, 4) is 0 Å². The first-order valence-electron chi connectivity index (χ1n) is 4.46. The molecule has 1 rings (SSSR count). The van der Waals surface area contributed by atoms with Crippen LogP contribution in [0.3, 0.4) is 0 Å². The molecular formula is C11H16O2. The third-order valence-electron chi connectivity index (χ3n) is 1.79. The smallest absolute Gasteiger partial charge is 0.0798 e. The zero-order valence-electron chi connectivity index (χ0n) is 7.87. The Morgan fingerprint density at radius 3 is 3.00 bits per heavy atom. The second-order valence-corrected chi connectivity index (χ2v) is 3.06. The van der Waals surface area contributed by atoms with E-state index >= 15 is 0 Å². The van der Waals surface area contributed by atoms with Crippen LogP contribution in [0.1, 0.15) is 6.42 Å². The van der Waals surface area contributed by atoms with Crippen LogP contribution in [0.25, 0.3) is 0 Å². The van der Waals surface area contributed by atoms with Crippen LogP contribution in [0.4, 0.5) is 0 Å². The summed E-state index contributed by atoms with van der Waals surface area (Å²) in [6.45, 7) is 9.34. The molecule has 0 saturated carbocycles. The zero-order chi connectivity index (χ0) is 9.52. The van der Waals surface area contributed by atoms with Crippen molar-refractivity contribution in [3.63, 3.8) is 0 Å².